The number of likely N-dealkylation sites (N-methyl/N-ethyl adjacent to an activating group) is 1. The molecule has 10 nitrogen and oxygen atoms in total. The van der Waals surface area contributed by atoms with E-state index in [-0.39, 0.29) is 25.3 Å². The van der Waals surface area contributed by atoms with Gasteiger partial charge in [0.2, 0.25) is 12.0 Å². The minimum absolute atomic E-state index is 0.0680. The van der Waals surface area contributed by atoms with E-state index in [1.165, 1.54) is 11.9 Å². The van der Waals surface area contributed by atoms with Crippen LogP contribution in [0.3, 0.4) is 0 Å². The molecular weight excluding hydrogens is 334 g/mol. The van der Waals surface area contributed by atoms with E-state index in [1.807, 2.05) is 13.8 Å². The van der Waals surface area contributed by atoms with E-state index in [4.69, 9.17) is 16.2 Å². The molecule has 0 saturated carbocycles. The highest BCUT2D eigenvalue weighted by Gasteiger charge is 2.31. The van der Waals surface area contributed by atoms with Crippen molar-refractivity contribution in [2.75, 3.05) is 13.6 Å². The van der Waals surface area contributed by atoms with Gasteiger partial charge in [0, 0.05) is 13.0 Å². The van der Waals surface area contributed by atoms with Gasteiger partial charge in [-0.25, -0.2) is 4.79 Å². The number of nitrogens with two attached hydrogens (primary N) is 2. The minimum Gasteiger partial charge on any atom is -0.480 e. The summed E-state index contributed by atoms with van der Waals surface area (Å²) in [6, 6.07) is -2.10. The van der Waals surface area contributed by atoms with Crippen molar-refractivity contribution < 1.29 is 34.1 Å². The van der Waals surface area contributed by atoms with Crippen LogP contribution in [0.25, 0.3) is 0 Å². The molecule has 3 atom stereocenters. The van der Waals surface area contributed by atoms with Gasteiger partial charge in [0.05, 0.1) is 0 Å². The number of rotatable bonds is 12. The topological polar surface area (TPSA) is 173 Å². The summed E-state index contributed by atoms with van der Waals surface area (Å²) in [6.45, 7) is 3.37. The smallest absolute Gasteiger partial charge is 0.346 e. The van der Waals surface area contributed by atoms with Gasteiger partial charge < -0.3 is 26.4 Å². The lowest BCUT2D eigenvalue weighted by Crippen LogP contribution is -2.47. The molecule has 0 saturated heterocycles. The van der Waals surface area contributed by atoms with E-state index >= 15 is 0 Å². The Labute approximate surface area is 146 Å². The predicted molar refractivity (Wildman–Crippen MR) is 87.4 cm³/mol. The number of ether oxygens (including phenoxy) is 1. The Morgan fingerprint density at radius 3 is 2.08 bits per heavy atom. The lowest BCUT2D eigenvalue weighted by molar-refractivity contribution is -0.167. The van der Waals surface area contributed by atoms with Crippen molar-refractivity contribution in [3.8, 4) is 0 Å². The van der Waals surface area contributed by atoms with Gasteiger partial charge in [0.1, 0.15) is 12.1 Å². The maximum atomic E-state index is 11.8. The molecule has 1 amide bonds. The normalized spacial score (nSPS) is 14.8. The second kappa shape index (κ2) is 10.6. The number of carbonyl (C=O) groups excluding carboxylic acids is 2. The van der Waals surface area contributed by atoms with E-state index in [0.717, 1.165) is 0 Å². The molecule has 25 heavy (non-hydrogen) atoms. The number of esters is 1. The number of hydrogen-bond acceptors (Lipinski definition) is 7. The first-order valence-corrected chi connectivity index (χ1v) is 7.85. The minimum atomic E-state index is -1.58. The molecule has 6 N–H and O–H groups in total. The Hall–Kier alpha value is -2.20. The third-order valence-electron chi connectivity index (χ3n) is 3.50. The fraction of sp³-hybridized carbons (Fsp3) is 0.733. The SMILES string of the molecule is CC(C)C[C@@H](C(=O)O)N(C)C[C@H](OC(=O)C(N)CCC(N)=O)C(=O)O. The summed E-state index contributed by atoms with van der Waals surface area (Å²) in [7, 11) is 1.44. The van der Waals surface area contributed by atoms with Crippen molar-refractivity contribution in [1.29, 1.82) is 0 Å². The number of hydrogen-bond donors (Lipinski definition) is 4. The Morgan fingerprint density at radius 2 is 1.68 bits per heavy atom. The Morgan fingerprint density at radius 1 is 1.12 bits per heavy atom. The van der Waals surface area contributed by atoms with Gasteiger partial charge in [-0.3, -0.25) is 19.3 Å². The van der Waals surface area contributed by atoms with Crippen LogP contribution in [0.2, 0.25) is 0 Å². The van der Waals surface area contributed by atoms with Crippen LogP contribution in [-0.4, -0.2) is 70.7 Å². The van der Waals surface area contributed by atoms with Crippen molar-refractivity contribution >= 4 is 23.8 Å². The van der Waals surface area contributed by atoms with Gasteiger partial charge in [-0.15, -0.1) is 0 Å². The number of primary amides is 1. The summed E-state index contributed by atoms with van der Waals surface area (Å²) in [5.74, 6) is -4.06. The van der Waals surface area contributed by atoms with Crippen molar-refractivity contribution in [2.45, 2.75) is 51.3 Å². The van der Waals surface area contributed by atoms with Gasteiger partial charge in [-0.1, -0.05) is 13.8 Å². The van der Waals surface area contributed by atoms with Crippen molar-refractivity contribution in [3.63, 3.8) is 0 Å². The first-order chi connectivity index (χ1) is 11.5. The van der Waals surface area contributed by atoms with Crippen LogP contribution in [0, 0.1) is 5.92 Å². The zero-order valence-electron chi connectivity index (χ0n) is 14.7. The average Bonchev–Trinajstić information content (AvgIpc) is 2.48. The monoisotopic (exact) mass is 361 g/mol. The van der Waals surface area contributed by atoms with Crippen LogP contribution in [-0.2, 0) is 23.9 Å². The molecule has 0 aromatic rings. The highest BCUT2D eigenvalue weighted by Crippen LogP contribution is 2.12. The van der Waals surface area contributed by atoms with Gasteiger partial charge in [0.25, 0.3) is 0 Å². The van der Waals surface area contributed by atoms with Crippen LogP contribution >= 0.6 is 0 Å². The third-order valence-corrected chi connectivity index (χ3v) is 3.50. The summed E-state index contributed by atoms with van der Waals surface area (Å²) < 4.78 is 4.86. The van der Waals surface area contributed by atoms with Gasteiger partial charge in [-0.05, 0) is 25.8 Å². The van der Waals surface area contributed by atoms with Crippen LogP contribution < -0.4 is 11.5 Å². The Balaban J connectivity index is 4.88. The number of carbonyl (C=O) groups is 4. The molecule has 10 heteroatoms. The van der Waals surface area contributed by atoms with Crippen LogP contribution in [0.1, 0.15) is 33.1 Å². The number of carboxylic acid groups (broad SMARTS) is 2. The molecule has 0 rings (SSSR count). The predicted octanol–water partition coefficient (Wildman–Crippen LogP) is -0.993. The number of aliphatic carboxylic acids is 2. The van der Waals surface area contributed by atoms with Crippen LogP contribution in [0.15, 0.2) is 0 Å². The van der Waals surface area contributed by atoms with Crippen molar-refractivity contribution in [1.82, 2.24) is 4.90 Å². The third kappa shape index (κ3) is 9.01. The van der Waals surface area contributed by atoms with E-state index in [2.05, 4.69) is 0 Å². The van der Waals surface area contributed by atoms with Gasteiger partial charge in [-0.2, -0.15) is 0 Å². The summed E-state index contributed by atoms with van der Waals surface area (Å²) in [6.07, 6.45) is -1.47. The van der Waals surface area contributed by atoms with Crippen molar-refractivity contribution in [2.24, 2.45) is 17.4 Å². The number of nitrogens with zero attached hydrogens (tertiary/aromatic N) is 1. The highest BCUT2D eigenvalue weighted by molar-refractivity contribution is 5.82. The molecule has 0 aromatic heterocycles. The quantitative estimate of drug-likeness (QED) is 0.318. The zero-order chi connectivity index (χ0) is 19.7. The standard InChI is InChI=1S/C15H27N3O7/c1-8(2)6-10(13(20)21)18(3)7-11(14(22)23)25-15(24)9(16)4-5-12(17)19/h8-11H,4-7,16H2,1-3H3,(H2,17,19)(H,20,21)(H,22,23)/t9?,10-,11-/m0/s1. The summed E-state index contributed by atoms with van der Waals surface area (Å²) in [5, 5.41) is 18.5. The fourth-order valence-corrected chi connectivity index (χ4v) is 2.11. The molecule has 0 radical (unpaired) electrons. The molecule has 0 fully saturated rings. The van der Waals surface area contributed by atoms with Crippen molar-refractivity contribution in [3.05, 3.63) is 0 Å². The lowest BCUT2D eigenvalue weighted by Gasteiger charge is -2.28. The van der Waals surface area contributed by atoms with E-state index in [0.29, 0.717) is 6.42 Å². The van der Waals surface area contributed by atoms with Crippen LogP contribution in [0.5, 0.6) is 0 Å². The molecule has 1 unspecified atom stereocenters. The van der Waals surface area contributed by atoms with E-state index in [1.54, 1.807) is 0 Å². The first kappa shape index (κ1) is 22.8. The number of amides is 1. The zero-order valence-corrected chi connectivity index (χ0v) is 14.7. The van der Waals surface area contributed by atoms with Crippen LogP contribution in [0.4, 0.5) is 0 Å². The molecule has 144 valence electrons. The Kier molecular flexibility index (Phi) is 9.69. The number of carboxylic acids is 2. The second-order valence-corrected chi connectivity index (χ2v) is 6.30. The summed E-state index contributed by atoms with van der Waals surface area (Å²) in [5.41, 5.74) is 10.5. The van der Waals surface area contributed by atoms with E-state index < -0.39 is 42.0 Å². The molecule has 0 bridgehead atoms. The molecule has 0 heterocycles. The van der Waals surface area contributed by atoms with Gasteiger partial charge in [0.15, 0.2) is 0 Å². The maximum absolute atomic E-state index is 11.8. The van der Waals surface area contributed by atoms with Gasteiger partial charge >= 0.3 is 17.9 Å². The summed E-state index contributed by atoms with van der Waals surface area (Å²) >= 11 is 0. The Bertz CT molecular complexity index is 496. The largest absolute Gasteiger partial charge is 0.480 e. The highest BCUT2D eigenvalue weighted by atomic mass is 16.6. The second-order valence-electron chi connectivity index (χ2n) is 6.30. The lowest BCUT2D eigenvalue weighted by atomic mass is 10.0. The fourth-order valence-electron chi connectivity index (χ4n) is 2.11. The molecule has 0 aromatic carbocycles. The summed E-state index contributed by atoms with van der Waals surface area (Å²) in [4.78, 5) is 46.5. The van der Waals surface area contributed by atoms with E-state index in [9.17, 15) is 29.4 Å². The molecule has 0 aliphatic carbocycles. The average molecular weight is 361 g/mol. The molecule has 0 aliphatic rings. The maximum Gasteiger partial charge on any atom is 0.346 e. The molecule has 0 aliphatic heterocycles. The first-order valence-electron chi connectivity index (χ1n) is 7.85. The molecule has 0 spiro atoms. The molecular formula is C15H27N3O7.